The lowest BCUT2D eigenvalue weighted by Gasteiger charge is -2.07. The fraction of sp³-hybridized carbons (Fsp3) is 0.333. The molecule has 0 aliphatic carbocycles. The number of aromatic nitrogens is 2. The zero-order chi connectivity index (χ0) is 12.4. The zero-order valence-corrected chi connectivity index (χ0v) is 10.2. The van der Waals surface area contributed by atoms with Gasteiger partial charge >= 0.3 is 0 Å². The van der Waals surface area contributed by atoms with E-state index in [0.717, 1.165) is 11.1 Å². The Morgan fingerprint density at radius 1 is 1.47 bits per heavy atom. The summed E-state index contributed by atoms with van der Waals surface area (Å²) in [7, 11) is 0. The van der Waals surface area contributed by atoms with Crippen LogP contribution in [0.3, 0.4) is 0 Å². The van der Waals surface area contributed by atoms with Gasteiger partial charge in [-0.2, -0.15) is 5.10 Å². The van der Waals surface area contributed by atoms with E-state index < -0.39 is 0 Å². The van der Waals surface area contributed by atoms with Crippen LogP contribution in [0, 0.1) is 13.8 Å². The largest absolute Gasteiger partial charge is 0.459 e. The first-order valence-corrected chi connectivity index (χ1v) is 5.51. The first-order chi connectivity index (χ1) is 8.13. The maximum Gasteiger partial charge on any atom is 0.292 e. The summed E-state index contributed by atoms with van der Waals surface area (Å²) in [5, 5.41) is 6.98. The molecule has 0 aliphatic heterocycles. The van der Waals surface area contributed by atoms with Crippen LogP contribution in [-0.2, 0) is 6.54 Å². The molecule has 5 heteroatoms. The number of hydrogen-bond acceptors (Lipinski definition) is 3. The van der Waals surface area contributed by atoms with Gasteiger partial charge in [-0.1, -0.05) is 0 Å². The van der Waals surface area contributed by atoms with Crippen LogP contribution in [0.2, 0.25) is 0 Å². The van der Waals surface area contributed by atoms with Crippen molar-refractivity contribution in [2.75, 3.05) is 5.32 Å². The van der Waals surface area contributed by atoms with E-state index in [1.165, 1.54) is 6.26 Å². The smallest absolute Gasteiger partial charge is 0.292 e. The van der Waals surface area contributed by atoms with Gasteiger partial charge in [0.1, 0.15) is 5.82 Å². The number of carbonyl (C=O) groups excluding carboxylic acids is 1. The summed E-state index contributed by atoms with van der Waals surface area (Å²) in [5.74, 6) is 0.812. The second-order valence-corrected chi connectivity index (χ2v) is 3.88. The molecule has 5 nitrogen and oxygen atoms in total. The third kappa shape index (κ3) is 2.08. The van der Waals surface area contributed by atoms with Crippen LogP contribution in [0.5, 0.6) is 0 Å². The highest BCUT2D eigenvalue weighted by Crippen LogP contribution is 2.16. The molecule has 0 bridgehead atoms. The molecule has 0 unspecified atom stereocenters. The number of hydrogen-bond donors (Lipinski definition) is 1. The van der Waals surface area contributed by atoms with Gasteiger partial charge in [0, 0.05) is 17.7 Å². The predicted octanol–water partition coefficient (Wildman–Crippen LogP) is 2.37. The van der Waals surface area contributed by atoms with Gasteiger partial charge in [-0.15, -0.1) is 0 Å². The molecule has 0 spiro atoms. The third-order valence-corrected chi connectivity index (χ3v) is 2.62. The number of nitrogens with zero attached hydrogens (tertiary/aromatic N) is 2. The minimum Gasteiger partial charge on any atom is -0.459 e. The van der Waals surface area contributed by atoms with Crippen molar-refractivity contribution in [2.24, 2.45) is 0 Å². The molecule has 90 valence electrons. The van der Waals surface area contributed by atoms with Gasteiger partial charge in [-0.05, 0) is 26.8 Å². The Labute approximate surface area is 99.4 Å². The number of carbonyl (C=O) groups is 1. The maximum atomic E-state index is 12.0. The van der Waals surface area contributed by atoms with Crippen molar-refractivity contribution in [3.8, 4) is 0 Å². The van der Waals surface area contributed by atoms with Crippen LogP contribution in [0.1, 0.15) is 28.6 Å². The van der Waals surface area contributed by atoms with Gasteiger partial charge < -0.3 is 9.73 Å². The van der Waals surface area contributed by atoms with E-state index in [2.05, 4.69) is 10.4 Å². The van der Waals surface area contributed by atoms with Crippen molar-refractivity contribution in [3.05, 3.63) is 35.4 Å². The summed E-state index contributed by atoms with van der Waals surface area (Å²) in [6.45, 7) is 6.42. The quantitative estimate of drug-likeness (QED) is 0.885. The van der Waals surface area contributed by atoms with E-state index in [9.17, 15) is 4.79 Å². The summed E-state index contributed by atoms with van der Waals surface area (Å²) in [4.78, 5) is 12.0. The average molecular weight is 233 g/mol. The van der Waals surface area contributed by atoms with Gasteiger partial charge in [-0.3, -0.25) is 4.79 Å². The van der Waals surface area contributed by atoms with Crippen molar-refractivity contribution in [3.63, 3.8) is 0 Å². The van der Waals surface area contributed by atoms with Crippen molar-refractivity contribution in [1.82, 2.24) is 9.78 Å². The molecule has 17 heavy (non-hydrogen) atoms. The van der Waals surface area contributed by atoms with Gasteiger partial charge in [0.05, 0.1) is 12.5 Å². The van der Waals surface area contributed by atoms with Crippen LogP contribution in [0.15, 0.2) is 22.9 Å². The predicted molar refractivity (Wildman–Crippen MR) is 64.0 cm³/mol. The molecule has 2 aromatic heterocycles. The summed E-state index contributed by atoms with van der Waals surface area (Å²) in [5.41, 5.74) is 1.76. The summed E-state index contributed by atoms with van der Waals surface area (Å²) >= 11 is 0. The first kappa shape index (κ1) is 11.4. The SMILES string of the molecule is CCn1ncc(C)c1NC(=O)c1occc1C. The Hall–Kier alpha value is -2.04. The second-order valence-electron chi connectivity index (χ2n) is 3.88. The fourth-order valence-corrected chi connectivity index (χ4v) is 1.65. The maximum absolute atomic E-state index is 12.0. The van der Waals surface area contributed by atoms with E-state index >= 15 is 0 Å². The second kappa shape index (κ2) is 4.45. The van der Waals surface area contributed by atoms with Crippen LogP contribution < -0.4 is 5.32 Å². The van der Waals surface area contributed by atoms with E-state index in [1.807, 2.05) is 20.8 Å². The molecular weight excluding hydrogens is 218 g/mol. The molecular formula is C12H15N3O2. The monoisotopic (exact) mass is 233 g/mol. The molecule has 0 aromatic carbocycles. The summed E-state index contributed by atoms with van der Waals surface area (Å²) in [6.07, 6.45) is 3.24. The van der Waals surface area contributed by atoms with E-state index in [0.29, 0.717) is 18.1 Å². The van der Waals surface area contributed by atoms with E-state index in [4.69, 9.17) is 4.42 Å². The zero-order valence-electron chi connectivity index (χ0n) is 10.2. The van der Waals surface area contributed by atoms with E-state index in [1.54, 1.807) is 16.9 Å². The average Bonchev–Trinajstić information content (AvgIpc) is 2.87. The molecule has 2 heterocycles. The lowest BCUT2D eigenvalue weighted by Crippen LogP contribution is -2.16. The minimum absolute atomic E-state index is 0.245. The number of anilines is 1. The molecule has 0 saturated carbocycles. The molecule has 0 atom stereocenters. The molecule has 2 rings (SSSR count). The summed E-state index contributed by atoms with van der Waals surface area (Å²) in [6, 6.07) is 1.76. The molecule has 0 radical (unpaired) electrons. The summed E-state index contributed by atoms with van der Waals surface area (Å²) < 4.78 is 6.89. The Balaban J connectivity index is 2.24. The van der Waals surface area contributed by atoms with Gasteiger partial charge in [0.2, 0.25) is 0 Å². The molecule has 2 aromatic rings. The standard InChI is InChI=1S/C12H15N3O2/c1-4-15-11(9(3)7-13-15)14-12(16)10-8(2)5-6-17-10/h5-7H,4H2,1-3H3,(H,14,16). The minimum atomic E-state index is -0.245. The molecule has 0 saturated heterocycles. The van der Waals surface area contributed by atoms with Crippen molar-refractivity contribution < 1.29 is 9.21 Å². The highest BCUT2D eigenvalue weighted by atomic mass is 16.3. The van der Waals surface area contributed by atoms with Crippen molar-refractivity contribution >= 4 is 11.7 Å². The lowest BCUT2D eigenvalue weighted by atomic mass is 10.2. The highest BCUT2D eigenvalue weighted by molar-refractivity contribution is 6.03. The highest BCUT2D eigenvalue weighted by Gasteiger charge is 2.16. The topological polar surface area (TPSA) is 60.1 Å². The first-order valence-electron chi connectivity index (χ1n) is 5.51. The normalized spacial score (nSPS) is 10.5. The molecule has 1 amide bonds. The van der Waals surface area contributed by atoms with Crippen LogP contribution >= 0.6 is 0 Å². The van der Waals surface area contributed by atoms with Crippen LogP contribution in [0.25, 0.3) is 0 Å². The third-order valence-electron chi connectivity index (χ3n) is 2.62. The number of furan rings is 1. The van der Waals surface area contributed by atoms with Crippen LogP contribution in [0.4, 0.5) is 5.82 Å². The number of rotatable bonds is 3. The van der Waals surface area contributed by atoms with Crippen molar-refractivity contribution in [2.45, 2.75) is 27.3 Å². The Morgan fingerprint density at radius 2 is 2.24 bits per heavy atom. The molecule has 0 fully saturated rings. The van der Waals surface area contributed by atoms with Gasteiger partial charge in [0.15, 0.2) is 5.76 Å². The van der Waals surface area contributed by atoms with Gasteiger partial charge in [0.25, 0.3) is 5.91 Å². The fourth-order valence-electron chi connectivity index (χ4n) is 1.65. The Morgan fingerprint density at radius 3 is 2.82 bits per heavy atom. The number of aryl methyl sites for hydroxylation is 3. The van der Waals surface area contributed by atoms with E-state index in [-0.39, 0.29) is 5.91 Å². The van der Waals surface area contributed by atoms with Crippen molar-refractivity contribution in [1.29, 1.82) is 0 Å². The number of amides is 1. The molecule has 1 N–H and O–H groups in total. The lowest BCUT2D eigenvalue weighted by molar-refractivity contribution is 0.0994. The Kier molecular flexibility index (Phi) is 2.99. The Bertz CT molecular complexity index is 540. The molecule has 0 aliphatic rings. The number of nitrogens with one attached hydrogen (secondary N) is 1. The van der Waals surface area contributed by atoms with Crippen LogP contribution in [-0.4, -0.2) is 15.7 Å². The van der Waals surface area contributed by atoms with Gasteiger partial charge in [-0.25, -0.2) is 4.68 Å².